The lowest BCUT2D eigenvalue weighted by Crippen LogP contribution is -2.39. The lowest BCUT2D eigenvalue weighted by atomic mass is 10.1. The molecule has 4 rings (SSSR count). The highest BCUT2D eigenvalue weighted by Gasteiger charge is 2.35. The summed E-state index contributed by atoms with van der Waals surface area (Å²) < 4.78 is 11.1. The Kier molecular flexibility index (Phi) is 3.89. The van der Waals surface area contributed by atoms with Crippen LogP contribution < -0.4 is 9.47 Å². The number of nitrogens with zero attached hydrogens (tertiary/aromatic N) is 2. The van der Waals surface area contributed by atoms with Crippen molar-refractivity contribution in [1.82, 2.24) is 9.80 Å². The van der Waals surface area contributed by atoms with Crippen molar-refractivity contribution in [2.75, 3.05) is 26.9 Å². The number of benzene rings is 2. The van der Waals surface area contributed by atoms with E-state index in [-0.39, 0.29) is 18.5 Å². The Morgan fingerprint density at radius 1 is 0.960 bits per heavy atom. The molecule has 0 bridgehead atoms. The van der Waals surface area contributed by atoms with Gasteiger partial charge in [-0.15, -0.1) is 0 Å². The van der Waals surface area contributed by atoms with Gasteiger partial charge in [-0.2, -0.15) is 0 Å². The van der Waals surface area contributed by atoms with Gasteiger partial charge in [0.2, 0.25) is 0 Å². The van der Waals surface area contributed by atoms with Gasteiger partial charge in [-0.1, -0.05) is 18.2 Å². The summed E-state index contributed by atoms with van der Waals surface area (Å²) in [6.07, 6.45) is 0. The van der Waals surface area contributed by atoms with E-state index in [2.05, 4.69) is 0 Å². The molecule has 0 radical (unpaired) electrons. The van der Waals surface area contributed by atoms with Crippen molar-refractivity contribution in [1.29, 1.82) is 0 Å². The van der Waals surface area contributed by atoms with Gasteiger partial charge in [-0.05, 0) is 36.9 Å². The number of imide groups is 1. The lowest BCUT2D eigenvalue weighted by Gasteiger charge is -2.24. The zero-order chi connectivity index (χ0) is 17.4. The first-order valence-corrected chi connectivity index (χ1v) is 8.16. The summed E-state index contributed by atoms with van der Waals surface area (Å²) in [5.74, 6) is 1.00. The van der Waals surface area contributed by atoms with Crippen LogP contribution in [0.2, 0.25) is 0 Å². The highest BCUT2D eigenvalue weighted by Crippen LogP contribution is 2.31. The summed E-state index contributed by atoms with van der Waals surface area (Å²) in [5, 5.41) is 0. The lowest BCUT2D eigenvalue weighted by molar-refractivity contribution is 0.0559. The van der Waals surface area contributed by atoms with Gasteiger partial charge in [0.1, 0.15) is 13.2 Å². The first-order valence-electron chi connectivity index (χ1n) is 8.16. The first kappa shape index (κ1) is 15.7. The van der Waals surface area contributed by atoms with Crippen LogP contribution in [0.25, 0.3) is 0 Å². The van der Waals surface area contributed by atoms with Crippen LogP contribution in [-0.2, 0) is 6.54 Å². The van der Waals surface area contributed by atoms with Crippen molar-refractivity contribution >= 4 is 11.8 Å². The van der Waals surface area contributed by atoms with Crippen molar-refractivity contribution in [3.8, 4) is 11.5 Å². The Hall–Kier alpha value is -2.86. The predicted octanol–water partition coefficient (Wildman–Crippen LogP) is 2.14. The second kappa shape index (κ2) is 6.22. The molecule has 2 heterocycles. The highest BCUT2D eigenvalue weighted by molar-refractivity contribution is 6.21. The Bertz CT molecular complexity index is 814. The average Bonchev–Trinajstić information content (AvgIpc) is 2.87. The van der Waals surface area contributed by atoms with E-state index in [1.807, 2.05) is 30.1 Å². The summed E-state index contributed by atoms with van der Waals surface area (Å²) >= 11 is 0. The van der Waals surface area contributed by atoms with Crippen molar-refractivity contribution in [2.24, 2.45) is 0 Å². The second-order valence-electron chi connectivity index (χ2n) is 6.22. The number of hydrogen-bond acceptors (Lipinski definition) is 5. The fourth-order valence-corrected chi connectivity index (χ4v) is 3.16. The van der Waals surface area contributed by atoms with Gasteiger partial charge in [0.05, 0.1) is 17.8 Å². The second-order valence-corrected chi connectivity index (χ2v) is 6.22. The van der Waals surface area contributed by atoms with Crippen LogP contribution in [0.5, 0.6) is 11.5 Å². The molecule has 2 amide bonds. The maximum absolute atomic E-state index is 12.4. The molecule has 0 atom stereocenters. The molecular formula is C19H18N2O4. The minimum atomic E-state index is -0.241. The monoisotopic (exact) mass is 338 g/mol. The standard InChI is InChI=1S/C19H18N2O4/c1-20(11-13-6-7-16-17(10-13)25-9-8-24-16)12-21-18(22)14-4-2-3-5-15(14)19(21)23/h2-7,10H,8-9,11-12H2,1H3. The van der Waals surface area contributed by atoms with E-state index in [1.54, 1.807) is 24.3 Å². The van der Waals surface area contributed by atoms with Crippen LogP contribution in [0.1, 0.15) is 26.3 Å². The van der Waals surface area contributed by atoms with E-state index in [0.717, 1.165) is 17.1 Å². The zero-order valence-electron chi connectivity index (χ0n) is 13.9. The number of carbonyl (C=O) groups excluding carboxylic acids is 2. The predicted molar refractivity (Wildman–Crippen MR) is 90.7 cm³/mol. The molecule has 0 unspecified atom stereocenters. The number of ether oxygens (including phenoxy) is 2. The van der Waals surface area contributed by atoms with Crippen molar-refractivity contribution in [3.63, 3.8) is 0 Å². The summed E-state index contributed by atoms with van der Waals surface area (Å²) in [4.78, 5) is 28.1. The van der Waals surface area contributed by atoms with Gasteiger partial charge in [-0.25, -0.2) is 0 Å². The fraction of sp³-hybridized carbons (Fsp3) is 0.263. The topological polar surface area (TPSA) is 59.1 Å². The number of amides is 2. The molecule has 2 aliphatic rings. The number of hydrogen-bond donors (Lipinski definition) is 0. The molecule has 0 aliphatic carbocycles. The van der Waals surface area contributed by atoms with E-state index in [4.69, 9.17) is 9.47 Å². The minimum Gasteiger partial charge on any atom is -0.486 e. The van der Waals surface area contributed by atoms with Crippen LogP contribution in [-0.4, -0.2) is 48.5 Å². The van der Waals surface area contributed by atoms with Gasteiger partial charge in [0.15, 0.2) is 11.5 Å². The molecule has 2 aliphatic heterocycles. The molecule has 0 aromatic heterocycles. The van der Waals surface area contributed by atoms with Gasteiger partial charge < -0.3 is 9.47 Å². The third-order valence-electron chi connectivity index (χ3n) is 4.32. The summed E-state index contributed by atoms with van der Waals surface area (Å²) in [7, 11) is 1.88. The van der Waals surface area contributed by atoms with Crippen LogP contribution in [0.4, 0.5) is 0 Å². The molecule has 0 saturated carbocycles. The van der Waals surface area contributed by atoms with Crippen molar-refractivity contribution < 1.29 is 19.1 Å². The van der Waals surface area contributed by atoms with Gasteiger partial charge >= 0.3 is 0 Å². The third-order valence-corrected chi connectivity index (χ3v) is 4.32. The zero-order valence-corrected chi connectivity index (χ0v) is 13.9. The number of fused-ring (bicyclic) bond motifs is 2. The SMILES string of the molecule is CN(Cc1ccc2c(c1)OCCO2)CN1C(=O)c2ccccc2C1=O. The minimum absolute atomic E-state index is 0.237. The molecule has 6 heteroatoms. The first-order chi connectivity index (χ1) is 12.1. The van der Waals surface area contributed by atoms with Crippen LogP contribution in [0, 0.1) is 0 Å². The molecule has 6 nitrogen and oxygen atoms in total. The molecule has 0 spiro atoms. The number of rotatable bonds is 4. The average molecular weight is 338 g/mol. The molecule has 25 heavy (non-hydrogen) atoms. The molecular weight excluding hydrogens is 320 g/mol. The van der Waals surface area contributed by atoms with E-state index in [0.29, 0.717) is 30.9 Å². The Balaban J connectivity index is 1.45. The highest BCUT2D eigenvalue weighted by atomic mass is 16.6. The third kappa shape index (κ3) is 2.85. The molecule has 0 fully saturated rings. The quantitative estimate of drug-likeness (QED) is 0.800. The molecule has 2 aromatic rings. The van der Waals surface area contributed by atoms with Crippen LogP contribution in [0.15, 0.2) is 42.5 Å². The summed E-state index contributed by atoms with van der Waals surface area (Å²) in [5.41, 5.74) is 1.98. The van der Waals surface area contributed by atoms with Gasteiger partial charge in [0, 0.05) is 6.54 Å². The fourth-order valence-electron chi connectivity index (χ4n) is 3.16. The maximum atomic E-state index is 12.4. The van der Waals surface area contributed by atoms with Crippen LogP contribution >= 0.6 is 0 Å². The number of carbonyl (C=O) groups is 2. The van der Waals surface area contributed by atoms with Crippen molar-refractivity contribution in [2.45, 2.75) is 6.54 Å². The van der Waals surface area contributed by atoms with E-state index >= 15 is 0 Å². The Morgan fingerprint density at radius 3 is 2.28 bits per heavy atom. The maximum Gasteiger partial charge on any atom is 0.262 e. The van der Waals surface area contributed by atoms with E-state index in [9.17, 15) is 9.59 Å². The summed E-state index contributed by atoms with van der Waals surface area (Å²) in [6, 6.07) is 12.7. The molecule has 0 saturated heterocycles. The van der Waals surface area contributed by atoms with Gasteiger partial charge in [0.25, 0.3) is 11.8 Å². The summed E-state index contributed by atoms with van der Waals surface area (Å²) in [6.45, 7) is 1.93. The van der Waals surface area contributed by atoms with Crippen LogP contribution in [0.3, 0.4) is 0 Å². The van der Waals surface area contributed by atoms with Crippen molar-refractivity contribution in [3.05, 3.63) is 59.2 Å². The smallest absolute Gasteiger partial charge is 0.262 e. The van der Waals surface area contributed by atoms with Gasteiger partial charge in [-0.3, -0.25) is 19.4 Å². The molecule has 0 N–H and O–H groups in total. The normalized spacial score (nSPS) is 15.7. The van der Waals surface area contributed by atoms with E-state index in [1.165, 1.54) is 4.90 Å². The Labute approximate surface area is 145 Å². The molecule has 128 valence electrons. The van der Waals surface area contributed by atoms with E-state index < -0.39 is 0 Å². The Morgan fingerprint density at radius 2 is 1.60 bits per heavy atom. The largest absolute Gasteiger partial charge is 0.486 e. The molecule has 2 aromatic carbocycles.